The number of para-hydroxylation sites is 1. The summed E-state index contributed by atoms with van der Waals surface area (Å²) >= 11 is 1.74. The third kappa shape index (κ3) is 4.44. The standard InChI is InChI=1S/C46H34N3O2SSi/c1-46(2)36-20-12-10-19-32(36)42(53(29-14-6-4-7-15-29)30-16-8-5-9-17-30)40-34-25-39(50-45(34)51-43(40)46)49-37-21-13-11-18-31(37)33-24-38-41(47-44(33)49)35(27-52-38)28-22-23-48(3)26-28/h4-27,42H,1-3H3. The molecule has 0 fully saturated rings. The van der Waals surface area contributed by atoms with E-state index in [1.54, 1.807) is 11.3 Å². The molecule has 6 heterocycles. The molecule has 0 bridgehead atoms. The number of hydrogen-bond donors (Lipinski definition) is 0. The lowest BCUT2D eigenvalue weighted by Crippen LogP contribution is -2.50. The van der Waals surface area contributed by atoms with Gasteiger partial charge in [-0.05, 0) is 43.2 Å². The summed E-state index contributed by atoms with van der Waals surface area (Å²) in [6.45, 7) is 4.57. The highest BCUT2D eigenvalue weighted by atomic mass is 32.1. The molecule has 7 heteroatoms. The SMILES string of the molecule is Cn1ccc(-c2csc3cc4c5ccccc5n(-c5cc6c7c(oc6o5)C(C)(C)c5ccccc5C7[Si](c5ccccc5)c5ccccc5)c4nc23)c1. The van der Waals surface area contributed by atoms with Gasteiger partial charge in [-0.3, -0.25) is 4.57 Å². The van der Waals surface area contributed by atoms with E-state index in [0.717, 1.165) is 44.2 Å². The molecule has 0 aliphatic heterocycles. The Kier molecular flexibility index (Phi) is 6.55. The van der Waals surface area contributed by atoms with Gasteiger partial charge < -0.3 is 13.4 Å². The van der Waals surface area contributed by atoms with E-state index in [2.05, 4.69) is 175 Å². The first-order chi connectivity index (χ1) is 26.0. The van der Waals surface area contributed by atoms with Crippen molar-refractivity contribution in [1.82, 2.24) is 14.1 Å². The molecule has 0 spiro atoms. The first-order valence-electron chi connectivity index (χ1n) is 18.0. The Bertz CT molecular complexity index is 2980. The number of rotatable bonds is 5. The predicted molar refractivity (Wildman–Crippen MR) is 219 cm³/mol. The molecule has 0 amide bonds. The normalized spacial score (nSPS) is 15.2. The van der Waals surface area contributed by atoms with Crippen LogP contribution in [0.1, 0.15) is 41.8 Å². The van der Waals surface area contributed by atoms with Gasteiger partial charge in [0.1, 0.15) is 20.2 Å². The van der Waals surface area contributed by atoms with E-state index in [9.17, 15) is 0 Å². The molecule has 1 aliphatic carbocycles. The third-order valence-electron chi connectivity index (χ3n) is 11.2. The van der Waals surface area contributed by atoms with E-state index < -0.39 is 8.80 Å². The molecular formula is C46H34N3O2SSi. The molecule has 10 aromatic rings. The molecule has 5 nitrogen and oxygen atoms in total. The van der Waals surface area contributed by atoms with Gasteiger partial charge in [-0.2, -0.15) is 0 Å². The van der Waals surface area contributed by atoms with Crippen LogP contribution >= 0.6 is 11.3 Å². The second-order valence-electron chi connectivity index (χ2n) is 14.7. The molecule has 6 aromatic heterocycles. The first-order valence-corrected chi connectivity index (χ1v) is 20.5. The smallest absolute Gasteiger partial charge is 0.299 e. The fourth-order valence-electron chi connectivity index (χ4n) is 8.80. The molecular weight excluding hydrogens is 687 g/mol. The van der Waals surface area contributed by atoms with Crippen molar-refractivity contribution >= 4 is 73.8 Å². The minimum Gasteiger partial charge on any atom is -0.429 e. The van der Waals surface area contributed by atoms with Gasteiger partial charge in [0.2, 0.25) is 5.88 Å². The van der Waals surface area contributed by atoms with Gasteiger partial charge in [-0.15, -0.1) is 11.3 Å². The van der Waals surface area contributed by atoms with Crippen LogP contribution in [0.5, 0.6) is 0 Å². The average Bonchev–Trinajstić information content (AvgIpc) is 4.01. The molecule has 53 heavy (non-hydrogen) atoms. The van der Waals surface area contributed by atoms with Gasteiger partial charge in [0, 0.05) is 69.3 Å². The summed E-state index contributed by atoms with van der Waals surface area (Å²) < 4.78 is 19.3. The number of pyridine rings is 1. The second kappa shape index (κ2) is 11.3. The molecule has 1 radical (unpaired) electrons. The molecule has 4 aromatic carbocycles. The van der Waals surface area contributed by atoms with Crippen LogP contribution in [0.2, 0.25) is 0 Å². The summed E-state index contributed by atoms with van der Waals surface area (Å²) in [7, 11) is 0.641. The molecule has 255 valence electrons. The fraction of sp³-hybridized carbons (Fsp3) is 0.109. The van der Waals surface area contributed by atoms with Gasteiger partial charge in [0.15, 0.2) is 0 Å². The summed E-state index contributed by atoms with van der Waals surface area (Å²) in [5.74, 6) is 2.26. The van der Waals surface area contributed by atoms with E-state index in [4.69, 9.17) is 13.8 Å². The number of nitrogens with zero attached hydrogens (tertiary/aromatic N) is 3. The Morgan fingerprint density at radius 2 is 1.47 bits per heavy atom. The maximum atomic E-state index is 6.97. The minimum atomic E-state index is -1.42. The highest BCUT2D eigenvalue weighted by molar-refractivity contribution is 7.17. The van der Waals surface area contributed by atoms with Gasteiger partial charge >= 0.3 is 0 Å². The average molecular weight is 721 g/mol. The quantitative estimate of drug-likeness (QED) is 0.166. The van der Waals surface area contributed by atoms with Crippen LogP contribution in [0.25, 0.3) is 60.3 Å². The van der Waals surface area contributed by atoms with Crippen molar-refractivity contribution in [3.63, 3.8) is 0 Å². The second-order valence-corrected chi connectivity index (χ2v) is 18.2. The van der Waals surface area contributed by atoms with Crippen LogP contribution in [-0.4, -0.2) is 22.9 Å². The summed E-state index contributed by atoms with van der Waals surface area (Å²) in [4.78, 5) is 5.43. The van der Waals surface area contributed by atoms with E-state index in [1.807, 2.05) is 0 Å². The first kappa shape index (κ1) is 30.7. The number of benzene rings is 4. The molecule has 0 saturated carbocycles. The summed E-state index contributed by atoms with van der Waals surface area (Å²) in [5, 5.41) is 8.25. The van der Waals surface area contributed by atoms with Crippen molar-refractivity contribution in [2.45, 2.75) is 24.8 Å². The lowest BCUT2D eigenvalue weighted by atomic mass is 9.72. The van der Waals surface area contributed by atoms with Crippen LogP contribution in [0, 0.1) is 0 Å². The fourth-order valence-corrected chi connectivity index (χ4v) is 13.0. The molecule has 0 N–H and O–H groups in total. The molecule has 1 aliphatic rings. The lowest BCUT2D eigenvalue weighted by Gasteiger charge is -2.39. The number of hydrogen-bond acceptors (Lipinski definition) is 4. The topological polar surface area (TPSA) is 49.0 Å². The van der Waals surface area contributed by atoms with Crippen molar-refractivity contribution in [3.05, 3.63) is 168 Å². The number of aromatic nitrogens is 3. The molecule has 1 atom stereocenters. The van der Waals surface area contributed by atoms with Crippen molar-refractivity contribution in [2.75, 3.05) is 0 Å². The van der Waals surface area contributed by atoms with Gasteiger partial charge in [-0.1, -0.05) is 114 Å². The summed E-state index contributed by atoms with van der Waals surface area (Å²) in [5.41, 5.74) is 8.89. The van der Waals surface area contributed by atoms with Crippen LogP contribution in [0.3, 0.4) is 0 Å². The Hall–Kier alpha value is -5.89. The lowest BCUT2D eigenvalue weighted by molar-refractivity contribution is 0.392. The van der Waals surface area contributed by atoms with Gasteiger partial charge in [0.05, 0.1) is 21.1 Å². The summed E-state index contributed by atoms with van der Waals surface area (Å²) in [6, 6.07) is 46.3. The van der Waals surface area contributed by atoms with Gasteiger partial charge in [0.25, 0.3) is 5.78 Å². The van der Waals surface area contributed by atoms with Crippen molar-refractivity contribution in [1.29, 1.82) is 0 Å². The Labute approximate surface area is 312 Å². The van der Waals surface area contributed by atoms with E-state index in [0.29, 0.717) is 11.7 Å². The van der Waals surface area contributed by atoms with Crippen molar-refractivity contribution < 1.29 is 8.83 Å². The number of fused-ring (bicyclic) bond motifs is 8. The van der Waals surface area contributed by atoms with E-state index >= 15 is 0 Å². The third-order valence-corrected chi connectivity index (χ3v) is 15.2. The molecule has 1 unspecified atom stereocenters. The monoisotopic (exact) mass is 720 g/mol. The van der Waals surface area contributed by atoms with Crippen LogP contribution in [0.4, 0.5) is 0 Å². The maximum absolute atomic E-state index is 6.97. The minimum absolute atomic E-state index is 0.0888. The van der Waals surface area contributed by atoms with Gasteiger partial charge in [-0.25, -0.2) is 4.98 Å². The van der Waals surface area contributed by atoms with Crippen LogP contribution in [0.15, 0.2) is 154 Å². The zero-order chi connectivity index (χ0) is 35.4. The van der Waals surface area contributed by atoms with E-state index in [1.165, 1.54) is 37.3 Å². The van der Waals surface area contributed by atoms with Crippen molar-refractivity contribution in [2.24, 2.45) is 7.05 Å². The number of thiophene rings is 1. The Morgan fingerprint density at radius 3 is 2.23 bits per heavy atom. The number of furan rings is 2. The molecule has 11 rings (SSSR count). The van der Waals surface area contributed by atoms with Crippen LogP contribution in [-0.2, 0) is 12.5 Å². The maximum Gasteiger partial charge on any atom is 0.299 e. The number of aryl methyl sites for hydroxylation is 1. The largest absolute Gasteiger partial charge is 0.429 e. The highest BCUT2D eigenvalue weighted by Gasteiger charge is 2.46. The predicted octanol–water partition coefficient (Wildman–Crippen LogP) is 10.4. The summed E-state index contributed by atoms with van der Waals surface area (Å²) in [6.07, 6.45) is 4.24. The Balaban J connectivity index is 1.18. The zero-order valence-electron chi connectivity index (χ0n) is 29.5. The van der Waals surface area contributed by atoms with Crippen LogP contribution < -0.4 is 10.4 Å². The zero-order valence-corrected chi connectivity index (χ0v) is 31.3. The van der Waals surface area contributed by atoms with E-state index in [-0.39, 0.29) is 11.0 Å². The molecule has 0 saturated heterocycles. The Morgan fingerprint density at radius 1 is 0.755 bits per heavy atom. The highest BCUT2D eigenvalue weighted by Crippen LogP contribution is 2.52. The van der Waals surface area contributed by atoms with Crippen molar-refractivity contribution in [3.8, 4) is 17.0 Å².